The van der Waals surface area contributed by atoms with Gasteiger partial charge in [-0.15, -0.1) is 0 Å². The van der Waals surface area contributed by atoms with Crippen LogP contribution in [0, 0.1) is 11.3 Å². The van der Waals surface area contributed by atoms with Gasteiger partial charge in [-0.2, -0.15) is 10.2 Å². The molecule has 3 heterocycles. The second kappa shape index (κ2) is 9.02. The van der Waals surface area contributed by atoms with E-state index in [1.807, 2.05) is 6.07 Å². The van der Waals surface area contributed by atoms with Crippen LogP contribution in [-0.4, -0.2) is 33.3 Å². The van der Waals surface area contributed by atoms with Gasteiger partial charge in [-0.1, -0.05) is 17.7 Å². The van der Waals surface area contributed by atoms with Crippen LogP contribution in [0.2, 0.25) is 5.02 Å². The van der Waals surface area contributed by atoms with E-state index in [1.54, 1.807) is 53.6 Å². The van der Waals surface area contributed by atoms with E-state index in [1.165, 1.54) is 10.5 Å². The summed E-state index contributed by atoms with van der Waals surface area (Å²) in [6, 6.07) is 13.7. The summed E-state index contributed by atoms with van der Waals surface area (Å²) in [5.74, 6) is 0.0435. The number of hydrogen-bond acceptors (Lipinski definition) is 5. The number of carbonyl (C=O) groups excluding carboxylic acids is 1. The van der Waals surface area contributed by atoms with E-state index in [0.717, 1.165) is 19.3 Å². The molecule has 0 spiro atoms. The zero-order valence-corrected chi connectivity index (χ0v) is 17.4. The molecular weight excluding hydrogens is 416 g/mol. The number of fused-ring (bicyclic) bond motifs is 1. The Kier molecular flexibility index (Phi) is 6.01. The molecule has 0 radical (unpaired) electrons. The van der Waals surface area contributed by atoms with Crippen LogP contribution in [-0.2, 0) is 4.79 Å². The van der Waals surface area contributed by atoms with Crippen LogP contribution in [0.3, 0.4) is 0 Å². The summed E-state index contributed by atoms with van der Waals surface area (Å²) in [5, 5.41) is 10.2. The van der Waals surface area contributed by atoms with Crippen molar-refractivity contribution in [1.29, 1.82) is 5.26 Å². The molecule has 1 fully saturated rings. The van der Waals surface area contributed by atoms with Crippen molar-refractivity contribution in [3.63, 3.8) is 0 Å². The minimum absolute atomic E-state index is 0.0118. The summed E-state index contributed by atoms with van der Waals surface area (Å²) in [7, 11) is 0. The quantitative estimate of drug-likeness (QED) is 0.456. The van der Waals surface area contributed by atoms with E-state index in [-0.39, 0.29) is 17.0 Å². The van der Waals surface area contributed by atoms with Gasteiger partial charge in [0.2, 0.25) is 5.88 Å². The highest BCUT2D eigenvalue weighted by atomic mass is 35.5. The largest absolute Gasteiger partial charge is 0.438 e. The minimum atomic E-state index is -0.436. The Morgan fingerprint density at radius 3 is 2.58 bits per heavy atom. The zero-order chi connectivity index (χ0) is 21.8. The molecule has 2 aromatic heterocycles. The fourth-order valence-electron chi connectivity index (χ4n) is 3.45. The standard InChI is InChI=1S/C23H19ClN4O3/c24-17-7-9-18(10-8-17)31-21-19(23(30)28-13-5-2-6-20(28)26-21)14-16(15-25)22(29)27-11-3-1-4-12-27/h2,5-10,13-14H,1,3-4,11-12H2/b16-14+. The Bertz CT molecular complexity index is 1250. The monoisotopic (exact) mass is 434 g/mol. The fourth-order valence-corrected chi connectivity index (χ4v) is 3.58. The molecule has 0 aliphatic carbocycles. The average molecular weight is 435 g/mol. The van der Waals surface area contributed by atoms with Crippen molar-refractivity contribution in [2.75, 3.05) is 13.1 Å². The first kappa shape index (κ1) is 20.6. The fraction of sp³-hybridized carbons (Fsp3) is 0.217. The van der Waals surface area contributed by atoms with E-state index in [2.05, 4.69) is 4.98 Å². The van der Waals surface area contributed by atoms with Crippen LogP contribution in [0.15, 0.2) is 59.0 Å². The predicted octanol–water partition coefficient (Wildman–Crippen LogP) is 4.06. The number of carbonyl (C=O) groups is 1. The summed E-state index contributed by atoms with van der Waals surface area (Å²) in [5.41, 5.74) is -0.151. The number of halogens is 1. The highest BCUT2D eigenvalue weighted by Gasteiger charge is 2.22. The second-order valence-electron chi connectivity index (χ2n) is 7.14. The number of nitriles is 1. The lowest BCUT2D eigenvalue weighted by atomic mass is 10.1. The van der Waals surface area contributed by atoms with Crippen molar-refractivity contribution >= 4 is 29.2 Å². The van der Waals surface area contributed by atoms with E-state index < -0.39 is 11.5 Å². The van der Waals surface area contributed by atoms with E-state index >= 15 is 0 Å². The smallest absolute Gasteiger partial charge is 0.269 e. The molecule has 0 N–H and O–H groups in total. The van der Waals surface area contributed by atoms with Crippen molar-refractivity contribution in [2.45, 2.75) is 19.3 Å². The SMILES string of the molecule is N#C/C(=C\c1c(Oc2ccc(Cl)cc2)nc2ccccn2c1=O)C(=O)N1CCCCC1. The van der Waals surface area contributed by atoms with Gasteiger partial charge >= 0.3 is 0 Å². The Hall–Kier alpha value is -3.63. The van der Waals surface area contributed by atoms with Crippen molar-refractivity contribution in [3.8, 4) is 17.7 Å². The first-order chi connectivity index (χ1) is 15.1. The first-order valence-corrected chi connectivity index (χ1v) is 10.3. The van der Waals surface area contributed by atoms with Crippen LogP contribution in [0.4, 0.5) is 0 Å². The summed E-state index contributed by atoms with van der Waals surface area (Å²) < 4.78 is 7.21. The van der Waals surface area contributed by atoms with Gasteiger partial charge in [0.15, 0.2) is 0 Å². The van der Waals surface area contributed by atoms with Gasteiger partial charge in [0.05, 0.1) is 0 Å². The summed E-state index contributed by atoms with van der Waals surface area (Å²) in [6.45, 7) is 1.20. The molecule has 0 saturated carbocycles. The Morgan fingerprint density at radius 2 is 1.87 bits per heavy atom. The lowest BCUT2D eigenvalue weighted by Gasteiger charge is -2.26. The number of likely N-dealkylation sites (tertiary alicyclic amines) is 1. The zero-order valence-electron chi connectivity index (χ0n) is 16.6. The number of benzene rings is 1. The van der Waals surface area contributed by atoms with Crippen LogP contribution in [0.25, 0.3) is 11.7 Å². The van der Waals surface area contributed by atoms with Gasteiger partial charge in [0, 0.05) is 24.3 Å². The van der Waals surface area contributed by atoms with Crippen molar-refractivity contribution in [3.05, 3.63) is 75.2 Å². The van der Waals surface area contributed by atoms with Gasteiger partial charge in [0.25, 0.3) is 11.5 Å². The number of hydrogen-bond donors (Lipinski definition) is 0. The molecule has 8 heteroatoms. The number of aromatic nitrogens is 2. The van der Waals surface area contributed by atoms with Crippen LogP contribution in [0.5, 0.6) is 11.6 Å². The highest BCUT2D eigenvalue weighted by molar-refractivity contribution is 6.30. The third-order valence-corrected chi connectivity index (χ3v) is 5.30. The molecular formula is C23H19ClN4O3. The maximum absolute atomic E-state index is 13.2. The Balaban J connectivity index is 1.82. The molecule has 7 nitrogen and oxygen atoms in total. The molecule has 1 saturated heterocycles. The lowest BCUT2D eigenvalue weighted by molar-refractivity contribution is -0.127. The number of ether oxygens (including phenoxy) is 1. The molecule has 0 unspecified atom stereocenters. The van der Waals surface area contributed by atoms with Crippen LogP contribution >= 0.6 is 11.6 Å². The third-order valence-electron chi connectivity index (χ3n) is 5.05. The van der Waals surface area contributed by atoms with Crippen molar-refractivity contribution < 1.29 is 9.53 Å². The Labute approximate surface area is 183 Å². The summed E-state index contributed by atoms with van der Waals surface area (Å²) in [4.78, 5) is 32.1. The Morgan fingerprint density at radius 1 is 1.13 bits per heavy atom. The highest BCUT2D eigenvalue weighted by Crippen LogP contribution is 2.25. The number of amides is 1. The predicted molar refractivity (Wildman–Crippen MR) is 117 cm³/mol. The normalized spacial score (nSPS) is 14.3. The number of rotatable bonds is 4. The molecule has 1 amide bonds. The number of nitrogens with zero attached hydrogens (tertiary/aromatic N) is 4. The topological polar surface area (TPSA) is 87.7 Å². The van der Waals surface area contributed by atoms with Gasteiger partial charge in [-0.25, -0.2) is 0 Å². The summed E-state index contributed by atoms with van der Waals surface area (Å²) >= 11 is 5.93. The molecule has 1 aromatic carbocycles. The molecule has 4 rings (SSSR count). The average Bonchev–Trinajstić information content (AvgIpc) is 2.81. The maximum Gasteiger partial charge on any atom is 0.269 e. The first-order valence-electron chi connectivity index (χ1n) is 9.93. The van der Waals surface area contributed by atoms with Gasteiger partial charge in [-0.05, 0) is 61.7 Å². The van der Waals surface area contributed by atoms with E-state index in [9.17, 15) is 14.9 Å². The second-order valence-corrected chi connectivity index (χ2v) is 7.58. The number of pyridine rings is 1. The van der Waals surface area contributed by atoms with Gasteiger partial charge < -0.3 is 9.64 Å². The third kappa shape index (κ3) is 4.44. The van der Waals surface area contributed by atoms with Crippen LogP contribution in [0.1, 0.15) is 24.8 Å². The molecule has 1 aliphatic heterocycles. The molecule has 0 atom stereocenters. The van der Waals surface area contributed by atoms with Crippen LogP contribution < -0.4 is 10.3 Å². The lowest BCUT2D eigenvalue weighted by Crippen LogP contribution is -2.36. The van der Waals surface area contributed by atoms with Gasteiger partial charge in [0.1, 0.15) is 28.6 Å². The molecule has 156 valence electrons. The van der Waals surface area contributed by atoms with Crippen molar-refractivity contribution in [2.24, 2.45) is 0 Å². The molecule has 1 aliphatic rings. The molecule has 31 heavy (non-hydrogen) atoms. The molecule has 3 aromatic rings. The minimum Gasteiger partial charge on any atom is -0.438 e. The number of piperidine rings is 1. The van der Waals surface area contributed by atoms with Crippen molar-refractivity contribution in [1.82, 2.24) is 14.3 Å². The van der Waals surface area contributed by atoms with E-state index in [0.29, 0.717) is 29.5 Å². The maximum atomic E-state index is 13.2. The van der Waals surface area contributed by atoms with E-state index in [4.69, 9.17) is 16.3 Å². The summed E-state index contributed by atoms with van der Waals surface area (Å²) in [6.07, 6.45) is 5.71. The molecule has 0 bridgehead atoms. The van der Waals surface area contributed by atoms with Gasteiger partial charge in [-0.3, -0.25) is 14.0 Å².